The number of nitrogens with one attached hydrogen (secondary N) is 2. The van der Waals surface area contributed by atoms with Gasteiger partial charge in [-0.25, -0.2) is 4.79 Å². The van der Waals surface area contributed by atoms with E-state index in [1.165, 1.54) is 0 Å². The van der Waals surface area contributed by atoms with Crippen molar-refractivity contribution >= 4 is 17.8 Å². The maximum absolute atomic E-state index is 12.6. The number of esters is 1. The average Bonchev–Trinajstić information content (AvgIpc) is 2.94. The van der Waals surface area contributed by atoms with E-state index in [2.05, 4.69) is 10.6 Å². The summed E-state index contributed by atoms with van der Waals surface area (Å²) in [6.07, 6.45) is 2.24. The molecule has 0 bridgehead atoms. The zero-order valence-corrected chi connectivity index (χ0v) is 14.2. The summed E-state index contributed by atoms with van der Waals surface area (Å²) in [5, 5.41) is 5.37. The number of hydrogen-bond acceptors (Lipinski definition) is 4. The minimum Gasteiger partial charge on any atom is -0.464 e. The summed E-state index contributed by atoms with van der Waals surface area (Å²) in [6.45, 7) is 3.72. The monoisotopic (exact) mass is 332 g/mol. The molecule has 1 aromatic rings. The van der Waals surface area contributed by atoms with Gasteiger partial charge in [0.15, 0.2) is 5.54 Å². The van der Waals surface area contributed by atoms with Crippen LogP contribution < -0.4 is 10.6 Å². The quantitative estimate of drug-likeness (QED) is 0.740. The van der Waals surface area contributed by atoms with Gasteiger partial charge in [-0.15, -0.1) is 0 Å². The van der Waals surface area contributed by atoms with Gasteiger partial charge in [0.25, 0.3) is 0 Å². The van der Waals surface area contributed by atoms with Crippen molar-refractivity contribution in [3.8, 4) is 0 Å². The van der Waals surface area contributed by atoms with Crippen LogP contribution in [0.1, 0.15) is 44.2 Å². The Bertz CT molecular complexity index is 629. The maximum Gasteiger partial charge on any atom is 0.336 e. The summed E-state index contributed by atoms with van der Waals surface area (Å²) in [5.74, 6) is -1.03. The Morgan fingerprint density at radius 3 is 2.62 bits per heavy atom. The molecule has 6 heteroatoms. The number of benzene rings is 1. The minimum absolute atomic E-state index is 0.151. The van der Waals surface area contributed by atoms with Gasteiger partial charge >= 0.3 is 5.97 Å². The number of carbonyl (C=O) groups excluding carboxylic acids is 3. The van der Waals surface area contributed by atoms with Crippen molar-refractivity contribution in [2.75, 3.05) is 13.2 Å². The first-order chi connectivity index (χ1) is 11.5. The summed E-state index contributed by atoms with van der Waals surface area (Å²) in [7, 11) is 0. The van der Waals surface area contributed by atoms with Crippen LogP contribution in [-0.2, 0) is 31.1 Å². The van der Waals surface area contributed by atoms with Crippen molar-refractivity contribution in [1.82, 2.24) is 10.6 Å². The molecule has 130 valence electrons. The Morgan fingerprint density at radius 2 is 1.92 bits per heavy atom. The summed E-state index contributed by atoms with van der Waals surface area (Å²) >= 11 is 0. The number of amides is 2. The van der Waals surface area contributed by atoms with E-state index in [1.54, 1.807) is 6.92 Å². The predicted octanol–water partition coefficient (Wildman–Crippen LogP) is 1.42. The SMILES string of the molecule is CCCC(=O)NCC(=O)N[C@@]1(C(=O)OCC)CCc2ccccc21. The molecule has 6 nitrogen and oxygen atoms in total. The second-order valence-electron chi connectivity index (χ2n) is 5.86. The van der Waals surface area contributed by atoms with E-state index in [0.29, 0.717) is 25.7 Å². The minimum atomic E-state index is -1.17. The molecule has 2 N–H and O–H groups in total. The number of aryl methyl sites for hydroxylation is 1. The van der Waals surface area contributed by atoms with Gasteiger partial charge in [-0.3, -0.25) is 9.59 Å². The molecule has 0 aliphatic heterocycles. The van der Waals surface area contributed by atoms with Gasteiger partial charge in [-0.2, -0.15) is 0 Å². The fraction of sp³-hybridized carbons (Fsp3) is 0.500. The van der Waals surface area contributed by atoms with E-state index in [4.69, 9.17) is 4.74 Å². The molecule has 0 aromatic heterocycles. The molecule has 0 radical (unpaired) electrons. The lowest BCUT2D eigenvalue weighted by atomic mass is 9.91. The molecule has 1 aliphatic rings. The Hall–Kier alpha value is -2.37. The second kappa shape index (κ2) is 7.95. The third-order valence-corrected chi connectivity index (χ3v) is 4.15. The van der Waals surface area contributed by atoms with Gasteiger partial charge in [0.05, 0.1) is 13.2 Å². The van der Waals surface area contributed by atoms with E-state index in [1.807, 2.05) is 31.2 Å². The van der Waals surface area contributed by atoms with Gasteiger partial charge in [0.1, 0.15) is 0 Å². The number of carbonyl (C=O) groups is 3. The van der Waals surface area contributed by atoms with Gasteiger partial charge < -0.3 is 15.4 Å². The summed E-state index contributed by atoms with van der Waals surface area (Å²) in [5.41, 5.74) is 0.636. The normalized spacial score (nSPS) is 18.6. The molecule has 1 aliphatic carbocycles. The van der Waals surface area contributed by atoms with Crippen LogP contribution in [0, 0.1) is 0 Å². The van der Waals surface area contributed by atoms with Crippen LogP contribution in [0.25, 0.3) is 0 Å². The summed E-state index contributed by atoms with van der Waals surface area (Å²) in [4.78, 5) is 36.4. The number of rotatable bonds is 7. The van der Waals surface area contributed by atoms with Gasteiger partial charge in [0, 0.05) is 6.42 Å². The molecule has 0 unspecified atom stereocenters. The highest BCUT2D eigenvalue weighted by Crippen LogP contribution is 2.37. The third-order valence-electron chi connectivity index (χ3n) is 4.15. The molecular weight excluding hydrogens is 308 g/mol. The zero-order chi connectivity index (χ0) is 17.6. The van der Waals surface area contributed by atoms with E-state index in [-0.39, 0.29) is 19.1 Å². The molecule has 0 spiro atoms. The van der Waals surface area contributed by atoms with Gasteiger partial charge in [-0.1, -0.05) is 31.2 Å². The lowest BCUT2D eigenvalue weighted by Crippen LogP contribution is -2.53. The van der Waals surface area contributed by atoms with Crippen LogP contribution in [0.15, 0.2) is 24.3 Å². The third kappa shape index (κ3) is 3.75. The first-order valence-corrected chi connectivity index (χ1v) is 8.36. The molecule has 0 saturated carbocycles. The molecule has 0 saturated heterocycles. The Kier molecular flexibility index (Phi) is 5.95. The number of ether oxygens (including phenoxy) is 1. The largest absolute Gasteiger partial charge is 0.464 e. The van der Waals surface area contributed by atoms with Crippen molar-refractivity contribution in [2.45, 2.75) is 45.1 Å². The summed E-state index contributed by atoms with van der Waals surface area (Å²) in [6, 6.07) is 7.54. The molecule has 1 aromatic carbocycles. The van der Waals surface area contributed by atoms with Crippen LogP contribution in [0.2, 0.25) is 0 Å². The Labute approximate surface area is 142 Å². The molecular formula is C18H24N2O4. The van der Waals surface area contributed by atoms with E-state index in [9.17, 15) is 14.4 Å². The molecule has 0 heterocycles. The van der Waals surface area contributed by atoms with Crippen LogP contribution in [-0.4, -0.2) is 30.9 Å². The van der Waals surface area contributed by atoms with E-state index >= 15 is 0 Å². The van der Waals surface area contributed by atoms with Crippen LogP contribution in [0.5, 0.6) is 0 Å². The van der Waals surface area contributed by atoms with Crippen molar-refractivity contribution in [3.63, 3.8) is 0 Å². The Balaban J connectivity index is 2.16. The van der Waals surface area contributed by atoms with Crippen LogP contribution >= 0.6 is 0 Å². The van der Waals surface area contributed by atoms with Crippen molar-refractivity contribution in [3.05, 3.63) is 35.4 Å². The first kappa shape index (κ1) is 18.0. The topological polar surface area (TPSA) is 84.5 Å². The average molecular weight is 332 g/mol. The van der Waals surface area contributed by atoms with Gasteiger partial charge in [-0.05, 0) is 37.3 Å². The summed E-state index contributed by atoms with van der Waals surface area (Å²) < 4.78 is 5.21. The van der Waals surface area contributed by atoms with Crippen molar-refractivity contribution < 1.29 is 19.1 Å². The molecule has 24 heavy (non-hydrogen) atoms. The van der Waals surface area contributed by atoms with Crippen LogP contribution in [0.3, 0.4) is 0 Å². The predicted molar refractivity (Wildman–Crippen MR) is 89.1 cm³/mol. The van der Waals surface area contributed by atoms with Crippen molar-refractivity contribution in [1.29, 1.82) is 0 Å². The fourth-order valence-electron chi connectivity index (χ4n) is 3.04. The van der Waals surface area contributed by atoms with E-state index < -0.39 is 17.4 Å². The molecule has 0 fully saturated rings. The fourth-order valence-corrected chi connectivity index (χ4v) is 3.04. The number of fused-ring (bicyclic) bond motifs is 1. The zero-order valence-electron chi connectivity index (χ0n) is 14.2. The van der Waals surface area contributed by atoms with Crippen molar-refractivity contribution in [2.24, 2.45) is 0 Å². The molecule has 2 rings (SSSR count). The van der Waals surface area contributed by atoms with E-state index in [0.717, 1.165) is 11.1 Å². The smallest absolute Gasteiger partial charge is 0.336 e. The first-order valence-electron chi connectivity index (χ1n) is 8.36. The van der Waals surface area contributed by atoms with Crippen LogP contribution in [0.4, 0.5) is 0 Å². The molecule has 2 amide bonds. The highest BCUT2D eigenvalue weighted by molar-refractivity contribution is 5.92. The Morgan fingerprint density at radius 1 is 1.17 bits per heavy atom. The number of hydrogen-bond donors (Lipinski definition) is 2. The standard InChI is InChI=1S/C18H24N2O4/c1-3-7-15(21)19-12-16(22)20-18(17(23)24-4-2)11-10-13-8-5-6-9-14(13)18/h5-6,8-9H,3-4,7,10-12H2,1-2H3,(H,19,21)(H,20,22)/t18-/m0/s1. The highest BCUT2D eigenvalue weighted by atomic mass is 16.5. The lowest BCUT2D eigenvalue weighted by molar-refractivity contribution is -0.153. The maximum atomic E-state index is 12.6. The lowest BCUT2D eigenvalue weighted by Gasteiger charge is -2.29. The highest BCUT2D eigenvalue weighted by Gasteiger charge is 2.47. The molecule has 1 atom stereocenters. The van der Waals surface area contributed by atoms with Gasteiger partial charge in [0.2, 0.25) is 11.8 Å². The second-order valence-corrected chi connectivity index (χ2v) is 5.86.